The molecule has 0 aliphatic carbocycles. The predicted molar refractivity (Wildman–Crippen MR) is 62.7 cm³/mol. The summed E-state index contributed by atoms with van der Waals surface area (Å²) >= 11 is 0. The molecule has 0 unspecified atom stereocenters. The highest BCUT2D eigenvalue weighted by Gasteiger charge is 2.27. The molecule has 0 saturated carbocycles. The van der Waals surface area contributed by atoms with Crippen LogP contribution < -0.4 is 5.73 Å². The number of anilines is 1. The Morgan fingerprint density at radius 2 is 1.95 bits per heavy atom. The van der Waals surface area contributed by atoms with E-state index in [1.165, 1.54) is 0 Å². The third kappa shape index (κ3) is 4.08. The molecule has 0 aliphatic heterocycles. The lowest BCUT2D eigenvalue weighted by molar-refractivity contribution is 0.113. The monoisotopic (exact) mass is 298 g/mol. The number of rotatable bonds is 6. The number of alkyl halides is 2. The number of nitrogens with zero attached hydrogens (tertiary/aromatic N) is 1. The van der Waals surface area contributed by atoms with Crippen molar-refractivity contribution in [1.82, 2.24) is 4.31 Å². The zero-order chi connectivity index (χ0) is 14.6. The van der Waals surface area contributed by atoms with Gasteiger partial charge in [-0.3, -0.25) is 0 Å². The molecule has 5 nitrogen and oxygen atoms in total. The maximum absolute atomic E-state index is 13.1. The number of aliphatic hydroxyl groups excluding tert-OH is 1. The summed E-state index contributed by atoms with van der Waals surface area (Å²) in [5.41, 5.74) is 5.17. The van der Waals surface area contributed by atoms with Gasteiger partial charge in [0.1, 0.15) is 5.82 Å². The first-order chi connectivity index (χ1) is 8.77. The van der Waals surface area contributed by atoms with E-state index in [1.54, 1.807) is 0 Å². The van der Waals surface area contributed by atoms with Crippen LogP contribution in [0, 0.1) is 5.82 Å². The van der Waals surface area contributed by atoms with E-state index in [0.29, 0.717) is 10.4 Å². The van der Waals surface area contributed by atoms with Crippen molar-refractivity contribution < 1.29 is 26.7 Å². The summed E-state index contributed by atoms with van der Waals surface area (Å²) in [4.78, 5) is -0.529. The van der Waals surface area contributed by atoms with E-state index < -0.39 is 46.9 Å². The fraction of sp³-hybridized carbons (Fsp3) is 0.400. The summed E-state index contributed by atoms with van der Waals surface area (Å²) in [5.74, 6) is -0.889. The standard InChI is InChI=1S/C10H13F3N2O3S/c11-7-3-8(14)5-9(4-7)19(17,18)15(1-2-16)6-10(12)13/h3-5,10,16H,1-2,6,14H2. The minimum atomic E-state index is -4.33. The third-order valence-electron chi connectivity index (χ3n) is 2.22. The Morgan fingerprint density at radius 1 is 1.32 bits per heavy atom. The first kappa shape index (κ1) is 15.7. The number of hydrogen-bond acceptors (Lipinski definition) is 4. The van der Waals surface area contributed by atoms with Gasteiger partial charge in [-0.25, -0.2) is 21.6 Å². The Balaban J connectivity index is 3.18. The second-order valence-electron chi connectivity index (χ2n) is 3.70. The minimum absolute atomic E-state index is 0.139. The van der Waals surface area contributed by atoms with E-state index in [4.69, 9.17) is 10.8 Å². The molecule has 1 rings (SSSR count). The van der Waals surface area contributed by atoms with Crippen molar-refractivity contribution in [3.63, 3.8) is 0 Å². The number of nitrogens with two attached hydrogens (primary N) is 1. The zero-order valence-corrected chi connectivity index (χ0v) is 10.6. The lowest BCUT2D eigenvalue weighted by Crippen LogP contribution is -2.37. The van der Waals surface area contributed by atoms with Crippen molar-refractivity contribution >= 4 is 15.7 Å². The lowest BCUT2D eigenvalue weighted by Gasteiger charge is -2.21. The number of halogens is 3. The Kier molecular flexibility index (Phi) is 5.15. The van der Waals surface area contributed by atoms with Crippen molar-refractivity contribution in [2.75, 3.05) is 25.4 Å². The van der Waals surface area contributed by atoms with Gasteiger partial charge in [0, 0.05) is 12.2 Å². The number of benzene rings is 1. The second-order valence-corrected chi connectivity index (χ2v) is 5.64. The van der Waals surface area contributed by atoms with Crippen molar-refractivity contribution in [3.8, 4) is 0 Å². The molecule has 1 aromatic carbocycles. The van der Waals surface area contributed by atoms with Crippen LogP contribution in [0.3, 0.4) is 0 Å². The van der Waals surface area contributed by atoms with Crippen LogP contribution in [0.2, 0.25) is 0 Å². The van der Waals surface area contributed by atoms with Crippen LogP contribution in [-0.4, -0.2) is 44.0 Å². The Bertz CT molecular complexity index is 517. The van der Waals surface area contributed by atoms with E-state index in [1.807, 2.05) is 0 Å². The molecule has 0 aliphatic rings. The molecule has 0 amide bonds. The van der Waals surface area contributed by atoms with Crippen molar-refractivity contribution in [3.05, 3.63) is 24.0 Å². The van der Waals surface area contributed by atoms with Crippen LogP contribution in [0.4, 0.5) is 18.9 Å². The molecule has 1 aromatic rings. The van der Waals surface area contributed by atoms with Gasteiger partial charge >= 0.3 is 0 Å². The van der Waals surface area contributed by atoms with Crippen LogP contribution in [0.15, 0.2) is 23.1 Å². The van der Waals surface area contributed by atoms with Crippen LogP contribution in [-0.2, 0) is 10.0 Å². The largest absolute Gasteiger partial charge is 0.399 e. The molecular weight excluding hydrogens is 285 g/mol. The van der Waals surface area contributed by atoms with Crippen LogP contribution in [0.1, 0.15) is 0 Å². The van der Waals surface area contributed by atoms with Gasteiger partial charge in [0.05, 0.1) is 18.0 Å². The second kappa shape index (κ2) is 6.22. The third-order valence-corrected chi connectivity index (χ3v) is 4.07. The predicted octanol–water partition coefficient (Wildman–Crippen LogP) is 0.656. The molecule has 0 aromatic heterocycles. The summed E-state index contributed by atoms with van der Waals surface area (Å²) < 4.78 is 62.2. The van der Waals surface area contributed by atoms with E-state index >= 15 is 0 Å². The average Bonchev–Trinajstić information content (AvgIpc) is 2.26. The molecule has 9 heteroatoms. The molecule has 3 N–H and O–H groups in total. The summed E-state index contributed by atoms with van der Waals surface area (Å²) in [6.45, 7) is -2.22. The van der Waals surface area contributed by atoms with E-state index in [9.17, 15) is 21.6 Å². The summed E-state index contributed by atoms with van der Waals surface area (Å²) in [7, 11) is -4.33. The van der Waals surface area contributed by atoms with E-state index in [2.05, 4.69) is 0 Å². The topological polar surface area (TPSA) is 83.6 Å². The van der Waals surface area contributed by atoms with Crippen LogP contribution in [0.25, 0.3) is 0 Å². The normalized spacial score (nSPS) is 12.3. The summed E-state index contributed by atoms with van der Waals surface area (Å²) in [6.07, 6.45) is -2.91. The SMILES string of the molecule is Nc1cc(F)cc(S(=O)(=O)N(CCO)CC(F)F)c1. The Morgan fingerprint density at radius 3 is 2.42 bits per heavy atom. The molecule has 0 atom stereocenters. The van der Waals surface area contributed by atoms with Crippen molar-refractivity contribution in [2.24, 2.45) is 0 Å². The molecule has 0 radical (unpaired) electrons. The molecular formula is C10H13F3N2O3S. The smallest absolute Gasteiger partial charge is 0.252 e. The minimum Gasteiger partial charge on any atom is -0.399 e. The van der Waals surface area contributed by atoms with Gasteiger partial charge in [0.2, 0.25) is 10.0 Å². The van der Waals surface area contributed by atoms with Gasteiger partial charge in [0.15, 0.2) is 0 Å². The van der Waals surface area contributed by atoms with Gasteiger partial charge in [-0.1, -0.05) is 0 Å². The van der Waals surface area contributed by atoms with E-state index in [-0.39, 0.29) is 5.69 Å². The van der Waals surface area contributed by atoms with Crippen LogP contribution in [0.5, 0.6) is 0 Å². The number of nitrogen functional groups attached to an aromatic ring is 1. The number of hydrogen-bond donors (Lipinski definition) is 2. The lowest BCUT2D eigenvalue weighted by atomic mass is 10.3. The van der Waals surface area contributed by atoms with Gasteiger partial charge in [-0.2, -0.15) is 4.31 Å². The molecule has 0 heterocycles. The van der Waals surface area contributed by atoms with Gasteiger partial charge in [-0.05, 0) is 18.2 Å². The molecule has 0 saturated heterocycles. The fourth-order valence-electron chi connectivity index (χ4n) is 1.46. The van der Waals surface area contributed by atoms with Gasteiger partial charge in [0.25, 0.3) is 6.43 Å². The fourth-order valence-corrected chi connectivity index (χ4v) is 2.93. The Hall–Kier alpha value is -1.32. The van der Waals surface area contributed by atoms with Crippen molar-refractivity contribution in [1.29, 1.82) is 0 Å². The van der Waals surface area contributed by atoms with E-state index in [0.717, 1.165) is 12.1 Å². The highest BCUT2D eigenvalue weighted by molar-refractivity contribution is 7.89. The zero-order valence-electron chi connectivity index (χ0n) is 9.76. The quantitative estimate of drug-likeness (QED) is 0.756. The maximum Gasteiger partial charge on any atom is 0.252 e. The first-order valence-corrected chi connectivity index (χ1v) is 6.66. The summed E-state index contributed by atoms with van der Waals surface area (Å²) in [5, 5.41) is 8.72. The highest BCUT2D eigenvalue weighted by atomic mass is 32.2. The maximum atomic E-state index is 13.1. The number of aliphatic hydroxyl groups is 1. The van der Waals surface area contributed by atoms with Crippen LogP contribution >= 0.6 is 0 Å². The van der Waals surface area contributed by atoms with Crippen molar-refractivity contribution in [2.45, 2.75) is 11.3 Å². The molecule has 0 spiro atoms. The molecule has 19 heavy (non-hydrogen) atoms. The first-order valence-electron chi connectivity index (χ1n) is 5.22. The van der Waals surface area contributed by atoms with Gasteiger partial charge < -0.3 is 10.8 Å². The number of sulfonamides is 1. The molecule has 108 valence electrons. The van der Waals surface area contributed by atoms with Gasteiger partial charge in [-0.15, -0.1) is 0 Å². The Labute approximate surface area is 108 Å². The summed E-state index contributed by atoms with van der Waals surface area (Å²) in [6, 6.07) is 2.55. The average molecular weight is 298 g/mol. The highest BCUT2D eigenvalue weighted by Crippen LogP contribution is 2.20. The molecule has 0 bridgehead atoms. The molecule has 0 fully saturated rings.